The molecule has 1 aromatic heterocycles. The molecular weight excluding hydrogens is 379 g/mol. The second-order valence-corrected chi connectivity index (χ2v) is 6.10. The Hall–Kier alpha value is -2.56. The van der Waals surface area contributed by atoms with E-state index < -0.39 is 18.5 Å². The third-order valence-corrected chi connectivity index (χ3v) is 4.19. The summed E-state index contributed by atoms with van der Waals surface area (Å²) in [6, 6.07) is 9.13. The van der Waals surface area contributed by atoms with Crippen LogP contribution in [0.1, 0.15) is 28.0 Å². The maximum absolute atomic E-state index is 12.2. The summed E-state index contributed by atoms with van der Waals surface area (Å²) in [5, 5.41) is 15.8. The zero-order valence-electron chi connectivity index (χ0n) is 14.0. The van der Waals surface area contributed by atoms with Crippen molar-refractivity contribution in [2.24, 2.45) is 0 Å². The van der Waals surface area contributed by atoms with E-state index in [1.54, 1.807) is 13.0 Å². The van der Waals surface area contributed by atoms with Gasteiger partial charge in [-0.05, 0) is 18.6 Å². The predicted molar refractivity (Wildman–Crippen MR) is 96.1 cm³/mol. The smallest absolute Gasteiger partial charge is 0.343 e. The molecule has 136 valence electrons. The summed E-state index contributed by atoms with van der Waals surface area (Å²) in [5.74, 6) is -1.24. The lowest BCUT2D eigenvalue weighted by Gasteiger charge is -2.07. The van der Waals surface area contributed by atoms with Crippen LogP contribution in [0.2, 0.25) is 10.2 Å². The zero-order valence-corrected chi connectivity index (χ0v) is 15.5. The highest BCUT2D eigenvalue weighted by molar-refractivity contribution is 6.33. The van der Waals surface area contributed by atoms with E-state index in [-0.39, 0.29) is 23.7 Å². The maximum Gasteiger partial charge on any atom is 0.343 e. The Morgan fingerprint density at radius 2 is 2.08 bits per heavy atom. The van der Waals surface area contributed by atoms with Crippen molar-refractivity contribution >= 4 is 35.1 Å². The number of amides is 1. The van der Waals surface area contributed by atoms with Crippen molar-refractivity contribution in [3.63, 3.8) is 0 Å². The topological polar surface area (TPSA) is 97.0 Å². The molecule has 0 saturated carbocycles. The molecular formula is C17H16Cl2N4O3. The Morgan fingerprint density at radius 1 is 1.35 bits per heavy atom. The Bertz CT molecular complexity index is 858. The van der Waals surface area contributed by atoms with Crippen LogP contribution in [0.15, 0.2) is 24.3 Å². The van der Waals surface area contributed by atoms with Crippen LogP contribution in [0.5, 0.6) is 0 Å². The highest BCUT2D eigenvalue weighted by atomic mass is 35.5. The number of nitrogens with one attached hydrogen (secondary N) is 1. The number of esters is 1. The predicted octanol–water partition coefficient (Wildman–Crippen LogP) is 2.73. The van der Waals surface area contributed by atoms with Gasteiger partial charge in [-0.15, -0.1) is 0 Å². The summed E-state index contributed by atoms with van der Waals surface area (Å²) < 4.78 is 6.42. The van der Waals surface area contributed by atoms with E-state index in [2.05, 4.69) is 10.4 Å². The van der Waals surface area contributed by atoms with E-state index in [0.29, 0.717) is 17.3 Å². The Morgan fingerprint density at radius 3 is 2.77 bits per heavy atom. The summed E-state index contributed by atoms with van der Waals surface area (Å²) in [4.78, 5) is 23.8. The van der Waals surface area contributed by atoms with Gasteiger partial charge in [0.25, 0.3) is 5.91 Å². The highest BCUT2D eigenvalue weighted by Crippen LogP contribution is 2.24. The van der Waals surface area contributed by atoms with Gasteiger partial charge in [-0.1, -0.05) is 41.4 Å². The van der Waals surface area contributed by atoms with Crippen molar-refractivity contribution in [1.29, 1.82) is 5.26 Å². The van der Waals surface area contributed by atoms with Crippen molar-refractivity contribution in [1.82, 2.24) is 15.1 Å². The summed E-state index contributed by atoms with van der Waals surface area (Å²) in [7, 11) is 0. The van der Waals surface area contributed by atoms with Gasteiger partial charge >= 0.3 is 5.97 Å². The second kappa shape index (κ2) is 9.22. The zero-order chi connectivity index (χ0) is 19.1. The Labute approximate surface area is 160 Å². The van der Waals surface area contributed by atoms with Crippen LogP contribution in [0, 0.1) is 18.3 Å². The number of ether oxygens (including phenoxy) is 1. The van der Waals surface area contributed by atoms with Crippen LogP contribution < -0.4 is 5.32 Å². The Balaban J connectivity index is 2.05. The first-order valence-corrected chi connectivity index (χ1v) is 8.46. The van der Waals surface area contributed by atoms with Crippen molar-refractivity contribution in [3.05, 3.63) is 51.3 Å². The first-order valence-electron chi connectivity index (χ1n) is 7.71. The average Bonchev–Trinajstić information content (AvgIpc) is 2.89. The first-order chi connectivity index (χ1) is 12.4. The number of carbonyl (C=O) groups excluding carboxylic acids is 2. The minimum Gasteiger partial charge on any atom is -0.452 e. The molecule has 2 aromatic rings. The molecule has 0 radical (unpaired) electrons. The normalized spacial score (nSPS) is 10.2. The molecule has 0 saturated heterocycles. The van der Waals surface area contributed by atoms with Gasteiger partial charge in [0, 0.05) is 11.6 Å². The molecule has 2 rings (SSSR count). The molecule has 0 unspecified atom stereocenters. The van der Waals surface area contributed by atoms with Crippen LogP contribution >= 0.6 is 23.2 Å². The van der Waals surface area contributed by atoms with E-state index in [1.807, 2.05) is 24.3 Å². The van der Waals surface area contributed by atoms with Gasteiger partial charge in [-0.25, -0.2) is 9.48 Å². The van der Waals surface area contributed by atoms with Gasteiger partial charge in [-0.3, -0.25) is 4.79 Å². The van der Waals surface area contributed by atoms with Crippen LogP contribution in [0.4, 0.5) is 0 Å². The lowest BCUT2D eigenvalue weighted by molar-refractivity contribution is -0.124. The standard InChI is InChI=1S/C17H16Cl2N4O3/c1-11-15(17(25)26-10-14(24)21-8-4-7-20)16(19)23(22-11)9-12-5-2-3-6-13(12)18/h2-3,5-6H,4,8-10H2,1H3,(H,21,24). The van der Waals surface area contributed by atoms with Gasteiger partial charge in [0.15, 0.2) is 6.61 Å². The van der Waals surface area contributed by atoms with E-state index >= 15 is 0 Å². The number of nitriles is 1. The molecule has 0 fully saturated rings. The number of hydrogen-bond acceptors (Lipinski definition) is 5. The van der Waals surface area contributed by atoms with E-state index in [4.69, 9.17) is 33.2 Å². The molecule has 1 aromatic carbocycles. The third kappa shape index (κ3) is 4.97. The van der Waals surface area contributed by atoms with Crippen LogP contribution in [-0.2, 0) is 16.1 Å². The summed E-state index contributed by atoms with van der Waals surface area (Å²) >= 11 is 12.4. The van der Waals surface area contributed by atoms with Gasteiger partial charge in [0.1, 0.15) is 10.7 Å². The van der Waals surface area contributed by atoms with Crippen LogP contribution in [-0.4, -0.2) is 34.8 Å². The largest absolute Gasteiger partial charge is 0.452 e. The summed E-state index contributed by atoms with van der Waals surface area (Å²) in [5.41, 5.74) is 1.29. The monoisotopic (exact) mass is 394 g/mol. The fourth-order valence-corrected chi connectivity index (χ4v) is 2.70. The molecule has 0 aliphatic heterocycles. The highest BCUT2D eigenvalue weighted by Gasteiger charge is 2.22. The molecule has 0 aliphatic carbocycles. The maximum atomic E-state index is 12.2. The molecule has 0 atom stereocenters. The molecule has 0 bridgehead atoms. The lowest BCUT2D eigenvalue weighted by atomic mass is 10.2. The van der Waals surface area contributed by atoms with Crippen LogP contribution in [0.3, 0.4) is 0 Å². The van der Waals surface area contributed by atoms with Gasteiger partial charge in [0.05, 0.1) is 24.7 Å². The van der Waals surface area contributed by atoms with E-state index in [1.165, 1.54) is 4.68 Å². The van der Waals surface area contributed by atoms with Crippen molar-refractivity contribution < 1.29 is 14.3 Å². The summed E-state index contributed by atoms with van der Waals surface area (Å²) in [6.45, 7) is 1.65. The third-order valence-electron chi connectivity index (χ3n) is 3.44. The molecule has 0 spiro atoms. The van der Waals surface area contributed by atoms with Gasteiger partial charge in [-0.2, -0.15) is 10.4 Å². The van der Waals surface area contributed by atoms with Crippen molar-refractivity contribution in [3.8, 4) is 6.07 Å². The minimum absolute atomic E-state index is 0.101. The molecule has 26 heavy (non-hydrogen) atoms. The molecule has 9 heteroatoms. The van der Waals surface area contributed by atoms with E-state index in [0.717, 1.165) is 5.56 Å². The second-order valence-electron chi connectivity index (χ2n) is 5.33. The SMILES string of the molecule is Cc1nn(Cc2ccccc2Cl)c(Cl)c1C(=O)OCC(=O)NCCC#N. The number of rotatable bonds is 7. The van der Waals surface area contributed by atoms with Gasteiger partial charge < -0.3 is 10.1 Å². The number of benzene rings is 1. The number of aromatic nitrogens is 2. The first kappa shape index (κ1) is 19.8. The lowest BCUT2D eigenvalue weighted by Crippen LogP contribution is -2.29. The molecule has 1 heterocycles. The van der Waals surface area contributed by atoms with Gasteiger partial charge in [0.2, 0.25) is 0 Å². The fraction of sp³-hybridized carbons (Fsp3) is 0.294. The molecule has 1 N–H and O–H groups in total. The van der Waals surface area contributed by atoms with E-state index in [9.17, 15) is 9.59 Å². The number of halogens is 2. The van der Waals surface area contributed by atoms with Crippen LogP contribution in [0.25, 0.3) is 0 Å². The van der Waals surface area contributed by atoms with Crippen molar-refractivity contribution in [2.75, 3.05) is 13.2 Å². The summed E-state index contributed by atoms with van der Waals surface area (Å²) in [6.07, 6.45) is 0.180. The number of carbonyl (C=O) groups is 2. The average molecular weight is 395 g/mol. The molecule has 1 amide bonds. The number of nitrogens with zero attached hydrogens (tertiary/aromatic N) is 3. The number of aryl methyl sites for hydroxylation is 1. The Kier molecular flexibility index (Phi) is 7.01. The minimum atomic E-state index is -0.742. The molecule has 7 nitrogen and oxygen atoms in total. The quantitative estimate of drug-likeness (QED) is 0.574. The molecule has 0 aliphatic rings. The fourth-order valence-electron chi connectivity index (χ4n) is 2.19. The number of hydrogen-bond donors (Lipinski definition) is 1. The van der Waals surface area contributed by atoms with Crippen molar-refractivity contribution in [2.45, 2.75) is 19.9 Å².